The number of nitrogens with zero attached hydrogens (tertiary/aromatic N) is 3. The zero-order valence-electron chi connectivity index (χ0n) is 21.3. The number of rotatable bonds is 6. The lowest BCUT2D eigenvalue weighted by Crippen LogP contribution is -2.35. The highest BCUT2D eigenvalue weighted by molar-refractivity contribution is 7.15. The number of hydrogen-bond acceptors (Lipinski definition) is 7. The average molecular weight is 572 g/mol. The zero-order chi connectivity index (χ0) is 28.5. The molecule has 1 aliphatic rings. The quantitative estimate of drug-likeness (QED) is 0.220. The number of carbonyl (C=O) groups is 1. The first-order valence-corrected chi connectivity index (χ1v) is 13.3. The normalized spacial score (nSPS) is 19.3. The Bertz CT molecular complexity index is 1520. The van der Waals surface area contributed by atoms with E-state index in [4.69, 9.17) is 0 Å². The summed E-state index contributed by atoms with van der Waals surface area (Å²) in [7, 11) is 0. The third kappa shape index (κ3) is 6.28. The fraction of sp³-hybridized carbons (Fsp3) is 0.286. The van der Waals surface area contributed by atoms with Crippen LogP contribution in [0, 0.1) is 18.7 Å². The van der Waals surface area contributed by atoms with Crippen molar-refractivity contribution in [3.63, 3.8) is 0 Å². The number of anilines is 3. The Labute approximate surface area is 231 Å². The van der Waals surface area contributed by atoms with Crippen molar-refractivity contribution in [2.45, 2.75) is 44.4 Å². The molecule has 7 nitrogen and oxygen atoms in total. The number of aromatic nitrogens is 3. The molecule has 1 fully saturated rings. The van der Waals surface area contributed by atoms with Crippen LogP contribution < -0.4 is 10.6 Å². The van der Waals surface area contributed by atoms with Gasteiger partial charge in [0.15, 0.2) is 0 Å². The van der Waals surface area contributed by atoms with Gasteiger partial charge in [0.1, 0.15) is 22.1 Å². The van der Waals surface area contributed by atoms with Crippen molar-refractivity contribution in [1.82, 2.24) is 15.0 Å². The van der Waals surface area contributed by atoms with E-state index in [0.29, 0.717) is 42.1 Å². The van der Waals surface area contributed by atoms with Gasteiger partial charge in [-0.25, -0.2) is 19.3 Å². The predicted octanol–water partition coefficient (Wildman–Crippen LogP) is 6.83. The van der Waals surface area contributed by atoms with Crippen LogP contribution in [0.25, 0.3) is 10.4 Å². The molecule has 208 valence electrons. The van der Waals surface area contributed by atoms with E-state index in [2.05, 4.69) is 25.6 Å². The molecule has 1 amide bonds. The van der Waals surface area contributed by atoms with Gasteiger partial charge in [-0.1, -0.05) is 6.07 Å². The van der Waals surface area contributed by atoms with Gasteiger partial charge in [-0.3, -0.25) is 4.79 Å². The fourth-order valence-electron chi connectivity index (χ4n) is 4.68. The molecule has 2 heterocycles. The fourth-order valence-corrected chi connectivity index (χ4v) is 5.72. The van der Waals surface area contributed by atoms with Gasteiger partial charge < -0.3 is 15.7 Å². The Morgan fingerprint density at radius 2 is 1.77 bits per heavy atom. The second kappa shape index (κ2) is 10.9. The SMILES string of the molecule is Cc1cc(Nc2nccc(C(F)(F)F)n2)cc(-c2cnc([C@]3(O)CC[C@H](C(=O)Nc4ccc(F)cc4)CC3)s2)c1. The lowest BCUT2D eigenvalue weighted by Gasteiger charge is -2.33. The molecular weight excluding hydrogens is 546 g/mol. The van der Waals surface area contributed by atoms with Crippen LogP contribution >= 0.6 is 11.3 Å². The first kappa shape index (κ1) is 27.7. The van der Waals surface area contributed by atoms with Crippen molar-refractivity contribution >= 4 is 34.6 Å². The summed E-state index contributed by atoms with van der Waals surface area (Å²) in [4.78, 5) is 25.4. The highest BCUT2D eigenvalue weighted by Gasteiger charge is 2.39. The number of aryl methyl sites for hydroxylation is 1. The van der Waals surface area contributed by atoms with Crippen LogP contribution in [0.5, 0.6) is 0 Å². The summed E-state index contributed by atoms with van der Waals surface area (Å²) in [6.45, 7) is 1.86. The summed E-state index contributed by atoms with van der Waals surface area (Å²) in [5.41, 5.74) is 0.439. The average Bonchev–Trinajstić information content (AvgIpc) is 3.41. The first-order chi connectivity index (χ1) is 19.0. The number of halogens is 4. The van der Waals surface area contributed by atoms with E-state index in [1.54, 1.807) is 18.3 Å². The molecule has 0 saturated heterocycles. The molecule has 1 saturated carbocycles. The molecule has 0 radical (unpaired) electrons. The molecule has 0 atom stereocenters. The van der Waals surface area contributed by atoms with Crippen LogP contribution in [0.3, 0.4) is 0 Å². The van der Waals surface area contributed by atoms with Crippen molar-refractivity contribution in [3.8, 4) is 10.4 Å². The van der Waals surface area contributed by atoms with Crippen LogP contribution in [-0.2, 0) is 16.6 Å². The van der Waals surface area contributed by atoms with E-state index in [1.165, 1.54) is 35.6 Å². The van der Waals surface area contributed by atoms with Crippen molar-refractivity contribution in [1.29, 1.82) is 0 Å². The molecular formula is C28H25F4N5O2S. The van der Waals surface area contributed by atoms with Gasteiger partial charge in [0.05, 0.1) is 4.88 Å². The number of alkyl halides is 3. The van der Waals surface area contributed by atoms with Gasteiger partial charge >= 0.3 is 6.18 Å². The monoisotopic (exact) mass is 571 g/mol. The van der Waals surface area contributed by atoms with Crippen molar-refractivity contribution in [2.24, 2.45) is 5.92 Å². The maximum atomic E-state index is 13.1. The molecule has 0 spiro atoms. The highest BCUT2D eigenvalue weighted by atomic mass is 32.1. The number of amides is 1. The molecule has 4 aromatic rings. The summed E-state index contributed by atoms with van der Waals surface area (Å²) in [5, 5.41) is 17.5. The Balaban J connectivity index is 1.27. The van der Waals surface area contributed by atoms with Crippen molar-refractivity contribution < 1.29 is 27.5 Å². The van der Waals surface area contributed by atoms with E-state index in [0.717, 1.165) is 28.3 Å². The second-order valence-corrected chi connectivity index (χ2v) is 10.8. The van der Waals surface area contributed by atoms with Crippen LogP contribution in [0.15, 0.2) is 60.9 Å². The van der Waals surface area contributed by atoms with E-state index >= 15 is 0 Å². The van der Waals surface area contributed by atoms with Crippen LogP contribution in [-0.4, -0.2) is 26.0 Å². The number of hydrogen-bond donors (Lipinski definition) is 3. The molecule has 5 rings (SSSR count). The van der Waals surface area contributed by atoms with E-state index in [1.807, 2.05) is 13.0 Å². The summed E-state index contributed by atoms with van der Waals surface area (Å²) < 4.78 is 52.2. The minimum absolute atomic E-state index is 0.168. The largest absolute Gasteiger partial charge is 0.433 e. The molecule has 3 N–H and O–H groups in total. The molecule has 40 heavy (non-hydrogen) atoms. The van der Waals surface area contributed by atoms with Crippen molar-refractivity contribution in [3.05, 3.63) is 83.0 Å². The molecule has 0 unspecified atom stereocenters. The number of benzene rings is 2. The Morgan fingerprint density at radius 3 is 2.48 bits per heavy atom. The van der Waals surface area contributed by atoms with Crippen LogP contribution in [0.4, 0.5) is 34.9 Å². The standard InChI is InChI=1S/C28H25F4N5O2S/c1-16-12-18(14-21(13-16)36-26-33-11-8-23(37-26)28(30,31)32)22-15-34-25(40-22)27(39)9-6-17(7-10-27)24(38)35-20-4-2-19(29)3-5-20/h2-5,8,11-15,17,39H,6-7,9-10H2,1H3,(H,35,38)(H,33,36,37)/t17-,27-. The van der Waals surface area contributed by atoms with Gasteiger partial charge in [0.25, 0.3) is 0 Å². The first-order valence-electron chi connectivity index (χ1n) is 12.5. The van der Waals surface area contributed by atoms with Crippen LogP contribution in [0.2, 0.25) is 0 Å². The second-order valence-electron chi connectivity index (χ2n) is 9.81. The van der Waals surface area contributed by atoms with E-state index in [-0.39, 0.29) is 23.6 Å². The molecule has 12 heteroatoms. The minimum atomic E-state index is -4.58. The number of thiazole rings is 1. The third-order valence-electron chi connectivity index (χ3n) is 6.76. The third-order valence-corrected chi connectivity index (χ3v) is 8.00. The predicted molar refractivity (Wildman–Crippen MR) is 143 cm³/mol. The lowest BCUT2D eigenvalue weighted by molar-refractivity contribution is -0.141. The Morgan fingerprint density at radius 1 is 1.05 bits per heavy atom. The number of aliphatic hydroxyl groups is 1. The molecule has 1 aliphatic carbocycles. The molecule has 2 aromatic carbocycles. The van der Waals surface area contributed by atoms with Crippen molar-refractivity contribution in [2.75, 3.05) is 10.6 Å². The molecule has 0 aliphatic heterocycles. The van der Waals surface area contributed by atoms with Gasteiger partial charge in [-0.15, -0.1) is 11.3 Å². The summed E-state index contributed by atoms with van der Waals surface area (Å²) in [6, 6.07) is 11.8. The van der Waals surface area contributed by atoms with E-state index in [9.17, 15) is 27.5 Å². The lowest BCUT2D eigenvalue weighted by atomic mass is 9.78. The van der Waals surface area contributed by atoms with E-state index < -0.39 is 17.5 Å². The zero-order valence-corrected chi connectivity index (χ0v) is 22.1. The maximum Gasteiger partial charge on any atom is 0.433 e. The topological polar surface area (TPSA) is 100 Å². The summed E-state index contributed by atoms with van der Waals surface area (Å²) in [5.74, 6) is -1.01. The molecule has 0 bridgehead atoms. The minimum Gasteiger partial charge on any atom is -0.383 e. The summed E-state index contributed by atoms with van der Waals surface area (Å²) in [6.07, 6.45) is -0.232. The highest BCUT2D eigenvalue weighted by Crippen LogP contribution is 2.43. The van der Waals surface area contributed by atoms with Gasteiger partial charge in [0, 0.05) is 29.7 Å². The number of carbonyl (C=O) groups excluding carboxylic acids is 1. The Hall–Kier alpha value is -3.90. The van der Waals surface area contributed by atoms with Crippen LogP contribution in [0.1, 0.15) is 41.9 Å². The van der Waals surface area contributed by atoms with Gasteiger partial charge in [-0.2, -0.15) is 13.2 Å². The summed E-state index contributed by atoms with van der Waals surface area (Å²) >= 11 is 1.33. The molecule has 2 aromatic heterocycles. The number of nitrogens with one attached hydrogen (secondary N) is 2. The van der Waals surface area contributed by atoms with Gasteiger partial charge in [-0.05, 0) is 86.2 Å². The Kier molecular flexibility index (Phi) is 7.56. The maximum absolute atomic E-state index is 13.1. The smallest absolute Gasteiger partial charge is 0.383 e. The van der Waals surface area contributed by atoms with Gasteiger partial charge in [0.2, 0.25) is 11.9 Å².